The Morgan fingerprint density at radius 1 is 1.06 bits per heavy atom. The van der Waals surface area contributed by atoms with Gasteiger partial charge >= 0.3 is 0 Å². The Kier molecular flexibility index (Phi) is 10.1. The highest BCUT2D eigenvalue weighted by molar-refractivity contribution is 9.10. The predicted octanol–water partition coefficient (Wildman–Crippen LogP) is 7.68. The van der Waals surface area contributed by atoms with Gasteiger partial charge in [-0.2, -0.15) is 5.26 Å². The number of benzene rings is 3. The molecule has 0 saturated heterocycles. The zero-order chi connectivity index (χ0) is 26.1. The normalized spacial score (nSPS) is 10.9. The second kappa shape index (κ2) is 13.2. The van der Waals surface area contributed by atoms with Crippen molar-refractivity contribution in [2.75, 3.05) is 18.5 Å². The summed E-state index contributed by atoms with van der Waals surface area (Å²) in [6.07, 6.45) is 1.48. The molecule has 0 bridgehead atoms. The topological polar surface area (TPSA) is 80.6 Å². The molecule has 3 aromatic carbocycles. The van der Waals surface area contributed by atoms with Gasteiger partial charge in [-0.15, -0.1) is 0 Å². The number of carbonyl (C=O) groups excluding carboxylic acids is 1. The van der Waals surface area contributed by atoms with Gasteiger partial charge in [0.25, 0.3) is 5.91 Å². The van der Waals surface area contributed by atoms with Crippen LogP contribution in [0.4, 0.5) is 5.69 Å². The molecular weight excluding hydrogens is 567 g/mol. The molecule has 36 heavy (non-hydrogen) atoms. The number of carbonyl (C=O) groups is 1. The molecule has 0 spiro atoms. The largest absolute Gasteiger partial charge is 0.494 e. The van der Waals surface area contributed by atoms with E-state index in [1.807, 2.05) is 19.9 Å². The molecule has 186 valence electrons. The monoisotopic (exact) mass is 588 g/mol. The second-order valence-corrected chi connectivity index (χ2v) is 9.07. The van der Waals surface area contributed by atoms with E-state index < -0.39 is 5.91 Å². The predicted molar refractivity (Wildman–Crippen MR) is 146 cm³/mol. The van der Waals surface area contributed by atoms with Gasteiger partial charge in [-0.1, -0.05) is 35.3 Å². The maximum Gasteiger partial charge on any atom is 0.266 e. The highest BCUT2D eigenvalue weighted by Crippen LogP contribution is 2.38. The van der Waals surface area contributed by atoms with E-state index in [1.165, 1.54) is 6.08 Å². The molecule has 0 aromatic heterocycles. The minimum absolute atomic E-state index is 0.0761. The van der Waals surface area contributed by atoms with Gasteiger partial charge < -0.3 is 19.5 Å². The SMILES string of the molecule is CCOc1cccc(NC(=O)/C(C#N)=C/c2cc(Br)c(OCc3ccc(Cl)cc3Cl)c(OCC)c2)c1. The summed E-state index contributed by atoms with van der Waals surface area (Å²) in [7, 11) is 0. The third kappa shape index (κ3) is 7.41. The van der Waals surface area contributed by atoms with Gasteiger partial charge in [0.1, 0.15) is 24.0 Å². The zero-order valence-electron chi connectivity index (χ0n) is 19.6. The fourth-order valence-electron chi connectivity index (χ4n) is 3.21. The number of nitrogens with zero attached hydrogens (tertiary/aromatic N) is 1. The van der Waals surface area contributed by atoms with Crippen LogP contribution >= 0.6 is 39.1 Å². The number of nitriles is 1. The smallest absolute Gasteiger partial charge is 0.266 e. The van der Waals surface area contributed by atoms with E-state index in [2.05, 4.69) is 21.2 Å². The van der Waals surface area contributed by atoms with E-state index in [0.29, 0.717) is 56.2 Å². The molecule has 0 radical (unpaired) electrons. The summed E-state index contributed by atoms with van der Waals surface area (Å²) in [5.74, 6) is 0.998. The van der Waals surface area contributed by atoms with Crippen molar-refractivity contribution in [3.05, 3.63) is 85.8 Å². The Labute approximate surface area is 228 Å². The van der Waals surface area contributed by atoms with Crippen LogP contribution in [0.1, 0.15) is 25.0 Å². The summed E-state index contributed by atoms with van der Waals surface area (Å²) in [6, 6.07) is 17.5. The van der Waals surface area contributed by atoms with E-state index in [0.717, 1.165) is 5.56 Å². The van der Waals surface area contributed by atoms with Gasteiger partial charge in [-0.3, -0.25) is 4.79 Å². The van der Waals surface area contributed by atoms with Crippen molar-refractivity contribution < 1.29 is 19.0 Å². The summed E-state index contributed by atoms with van der Waals surface area (Å²) in [6.45, 7) is 4.81. The first-order chi connectivity index (χ1) is 17.3. The van der Waals surface area contributed by atoms with E-state index in [1.54, 1.807) is 54.6 Å². The quantitative estimate of drug-likeness (QED) is 0.194. The lowest BCUT2D eigenvalue weighted by molar-refractivity contribution is -0.112. The van der Waals surface area contributed by atoms with Crippen molar-refractivity contribution in [3.8, 4) is 23.3 Å². The third-order valence-corrected chi connectivity index (χ3v) is 5.97. The molecule has 0 aliphatic rings. The van der Waals surface area contributed by atoms with E-state index >= 15 is 0 Å². The number of hydrogen-bond donors (Lipinski definition) is 1. The van der Waals surface area contributed by atoms with Crippen LogP contribution in [0.2, 0.25) is 10.0 Å². The van der Waals surface area contributed by atoms with Gasteiger partial charge in [-0.05, 0) is 77.8 Å². The van der Waals surface area contributed by atoms with Gasteiger partial charge in [0.15, 0.2) is 11.5 Å². The molecule has 3 rings (SSSR count). The summed E-state index contributed by atoms with van der Waals surface area (Å²) in [5, 5.41) is 13.4. The molecule has 0 heterocycles. The molecular formula is C27H23BrCl2N2O4. The standard InChI is InChI=1S/C27H23BrCl2N2O4/c1-3-34-22-7-5-6-21(14-22)32-27(33)19(15-31)10-17-11-23(28)26(25(12-17)35-4-2)36-16-18-8-9-20(29)13-24(18)30/h5-14H,3-4,16H2,1-2H3,(H,32,33)/b19-10+. The van der Waals surface area contributed by atoms with Crippen molar-refractivity contribution in [2.24, 2.45) is 0 Å². The molecule has 0 aliphatic carbocycles. The van der Waals surface area contributed by atoms with Gasteiger partial charge in [0.05, 0.1) is 17.7 Å². The first kappa shape index (κ1) is 27.4. The maximum atomic E-state index is 12.8. The first-order valence-electron chi connectivity index (χ1n) is 11.0. The highest BCUT2D eigenvalue weighted by atomic mass is 79.9. The number of halogens is 3. The lowest BCUT2D eigenvalue weighted by atomic mass is 10.1. The zero-order valence-corrected chi connectivity index (χ0v) is 22.7. The molecule has 0 unspecified atom stereocenters. The molecule has 0 saturated carbocycles. The lowest BCUT2D eigenvalue weighted by Crippen LogP contribution is -2.13. The third-order valence-electron chi connectivity index (χ3n) is 4.80. The highest BCUT2D eigenvalue weighted by Gasteiger charge is 2.15. The minimum Gasteiger partial charge on any atom is -0.494 e. The van der Waals surface area contributed by atoms with Crippen LogP contribution < -0.4 is 19.5 Å². The Hall–Kier alpha value is -3.18. The second-order valence-electron chi connectivity index (χ2n) is 7.37. The average molecular weight is 590 g/mol. The minimum atomic E-state index is -0.544. The molecule has 1 amide bonds. The van der Waals surface area contributed by atoms with E-state index in [-0.39, 0.29) is 12.2 Å². The number of anilines is 1. The van der Waals surface area contributed by atoms with Crippen molar-refractivity contribution >= 4 is 56.8 Å². The van der Waals surface area contributed by atoms with Crippen LogP contribution in [0.3, 0.4) is 0 Å². The molecule has 0 aliphatic heterocycles. The Morgan fingerprint density at radius 2 is 1.83 bits per heavy atom. The first-order valence-corrected chi connectivity index (χ1v) is 12.6. The Morgan fingerprint density at radius 3 is 2.53 bits per heavy atom. The molecule has 6 nitrogen and oxygen atoms in total. The molecule has 0 atom stereocenters. The van der Waals surface area contributed by atoms with Gasteiger partial charge in [-0.25, -0.2) is 0 Å². The number of hydrogen-bond acceptors (Lipinski definition) is 5. The van der Waals surface area contributed by atoms with E-state index in [9.17, 15) is 10.1 Å². The Balaban J connectivity index is 1.83. The fraction of sp³-hybridized carbons (Fsp3) is 0.185. The van der Waals surface area contributed by atoms with Crippen LogP contribution in [-0.2, 0) is 11.4 Å². The summed E-state index contributed by atoms with van der Waals surface area (Å²) >= 11 is 15.7. The van der Waals surface area contributed by atoms with Crippen molar-refractivity contribution in [1.29, 1.82) is 5.26 Å². The number of ether oxygens (including phenoxy) is 3. The van der Waals surface area contributed by atoms with Crippen molar-refractivity contribution in [1.82, 2.24) is 0 Å². The summed E-state index contributed by atoms with van der Waals surface area (Å²) in [4.78, 5) is 12.8. The average Bonchev–Trinajstić information content (AvgIpc) is 2.83. The maximum absolute atomic E-state index is 12.8. The van der Waals surface area contributed by atoms with Crippen molar-refractivity contribution in [3.63, 3.8) is 0 Å². The number of rotatable bonds is 10. The van der Waals surface area contributed by atoms with E-state index in [4.69, 9.17) is 37.4 Å². The number of nitrogens with one attached hydrogen (secondary N) is 1. The molecule has 9 heteroatoms. The van der Waals surface area contributed by atoms with Crippen LogP contribution in [-0.4, -0.2) is 19.1 Å². The van der Waals surface area contributed by atoms with Crippen LogP contribution in [0.15, 0.2) is 64.6 Å². The van der Waals surface area contributed by atoms with Gasteiger partial charge in [0.2, 0.25) is 0 Å². The summed E-state index contributed by atoms with van der Waals surface area (Å²) < 4.78 is 17.8. The van der Waals surface area contributed by atoms with Crippen LogP contribution in [0, 0.1) is 11.3 Å². The molecule has 3 aromatic rings. The molecule has 1 N–H and O–H groups in total. The fourth-order valence-corrected chi connectivity index (χ4v) is 4.24. The summed E-state index contributed by atoms with van der Waals surface area (Å²) in [5.41, 5.74) is 1.79. The number of amides is 1. The van der Waals surface area contributed by atoms with Crippen molar-refractivity contribution in [2.45, 2.75) is 20.5 Å². The lowest BCUT2D eigenvalue weighted by Gasteiger charge is -2.15. The van der Waals surface area contributed by atoms with Crippen LogP contribution in [0.25, 0.3) is 6.08 Å². The van der Waals surface area contributed by atoms with Crippen LogP contribution in [0.5, 0.6) is 17.2 Å². The molecule has 0 fully saturated rings. The Bertz CT molecular complexity index is 1320. The van der Waals surface area contributed by atoms with Gasteiger partial charge in [0, 0.05) is 27.4 Å².